The number of carbonyl (C=O) groups excluding carboxylic acids is 2. The molecule has 5 aliphatic rings. The first-order valence-electron chi connectivity index (χ1n) is 8.84. The average Bonchev–Trinajstić information content (AvgIpc) is 3.36. The standard InChI is InChI=1S/C16H16Cl6N2O5/c17-15(18,19)7-27-11(25)23-9-3-4-10(14-6-2-1-5-13(9,14)29-14)24(23)12(26)28-8-16(20,21)22/h3-4,9-10H,1-2,5-8H2. The van der Waals surface area contributed by atoms with E-state index in [0.717, 1.165) is 35.7 Å². The molecule has 3 heterocycles. The maximum atomic E-state index is 12.9. The van der Waals surface area contributed by atoms with Crippen molar-refractivity contribution in [2.75, 3.05) is 13.2 Å². The second-order valence-corrected chi connectivity index (χ2v) is 12.4. The molecule has 0 aromatic carbocycles. The molecule has 3 aliphatic heterocycles. The highest BCUT2D eigenvalue weighted by Crippen LogP contribution is 2.67. The Balaban J connectivity index is 1.63. The van der Waals surface area contributed by atoms with Gasteiger partial charge in [-0.05, 0) is 12.8 Å². The van der Waals surface area contributed by atoms with E-state index >= 15 is 0 Å². The lowest BCUT2D eigenvalue weighted by Gasteiger charge is -2.53. The summed E-state index contributed by atoms with van der Waals surface area (Å²) in [5.74, 6) is 0. The number of fused-ring (bicyclic) bond motifs is 1. The second-order valence-electron chi connectivity index (χ2n) is 7.39. The molecule has 4 unspecified atom stereocenters. The number of carbonyl (C=O) groups is 2. The quantitative estimate of drug-likeness (QED) is 0.289. The largest absolute Gasteiger partial charge is 0.444 e. The number of epoxide rings is 1. The lowest BCUT2D eigenvalue weighted by atomic mass is 9.67. The summed E-state index contributed by atoms with van der Waals surface area (Å²) in [5, 5.41) is 2.30. The molecule has 5 rings (SSSR count). The second kappa shape index (κ2) is 7.26. The fourth-order valence-electron chi connectivity index (χ4n) is 4.69. The van der Waals surface area contributed by atoms with E-state index in [1.165, 1.54) is 0 Å². The molecule has 162 valence electrons. The zero-order valence-corrected chi connectivity index (χ0v) is 19.3. The minimum atomic E-state index is -1.80. The van der Waals surface area contributed by atoms with Crippen molar-refractivity contribution < 1.29 is 23.8 Å². The third kappa shape index (κ3) is 3.75. The first-order chi connectivity index (χ1) is 13.4. The van der Waals surface area contributed by atoms with Gasteiger partial charge in [-0.25, -0.2) is 19.6 Å². The Hall–Kier alpha value is -0.0200. The van der Waals surface area contributed by atoms with Gasteiger partial charge >= 0.3 is 12.2 Å². The summed E-state index contributed by atoms with van der Waals surface area (Å²) in [5.41, 5.74) is -1.15. The van der Waals surface area contributed by atoms with Crippen molar-refractivity contribution in [2.45, 2.75) is 56.6 Å². The van der Waals surface area contributed by atoms with Crippen LogP contribution in [0.1, 0.15) is 25.7 Å². The molecule has 0 aromatic rings. The van der Waals surface area contributed by atoms with Crippen LogP contribution in [-0.2, 0) is 14.2 Å². The third-order valence-corrected chi connectivity index (χ3v) is 6.32. The molecule has 7 nitrogen and oxygen atoms in total. The molecule has 2 bridgehead atoms. The predicted molar refractivity (Wildman–Crippen MR) is 109 cm³/mol. The maximum Gasteiger partial charge on any atom is 0.429 e. The summed E-state index contributed by atoms with van der Waals surface area (Å²) in [7, 11) is 0. The van der Waals surface area contributed by atoms with E-state index in [0.29, 0.717) is 0 Å². The number of nitrogens with zero attached hydrogens (tertiary/aromatic N) is 2. The molecule has 2 aliphatic carbocycles. The molecule has 4 atom stereocenters. The molecule has 0 spiro atoms. The summed E-state index contributed by atoms with van der Waals surface area (Å²) in [6, 6.07) is -1.15. The van der Waals surface area contributed by atoms with Gasteiger partial charge in [-0.3, -0.25) is 0 Å². The van der Waals surface area contributed by atoms with Crippen LogP contribution in [0.4, 0.5) is 9.59 Å². The van der Waals surface area contributed by atoms with Gasteiger partial charge in [-0.15, -0.1) is 0 Å². The van der Waals surface area contributed by atoms with Crippen molar-refractivity contribution in [1.82, 2.24) is 10.0 Å². The smallest absolute Gasteiger partial charge is 0.429 e. The van der Waals surface area contributed by atoms with Crippen LogP contribution >= 0.6 is 69.6 Å². The van der Waals surface area contributed by atoms with Gasteiger partial charge < -0.3 is 14.2 Å². The predicted octanol–water partition coefficient (Wildman–Crippen LogP) is 4.92. The fourth-order valence-corrected chi connectivity index (χ4v) is 5.01. The summed E-state index contributed by atoms with van der Waals surface area (Å²) >= 11 is 34.1. The molecular formula is C16H16Cl6N2O5. The van der Waals surface area contributed by atoms with Gasteiger partial charge in [0.15, 0.2) is 0 Å². The molecule has 0 N–H and O–H groups in total. The first kappa shape index (κ1) is 22.2. The summed E-state index contributed by atoms with van der Waals surface area (Å²) in [6.07, 6.45) is 5.33. The lowest BCUT2D eigenvalue weighted by Crippen LogP contribution is -2.73. The van der Waals surface area contributed by atoms with Crippen molar-refractivity contribution in [3.05, 3.63) is 12.2 Å². The van der Waals surface area contributed by atoms with Gasteiger partial charge in [-0.2, -0.15) is 0 Å². The SMILES string of the molecule is O=C(OCC(Cl)(Cl)Cl)N1C2C=CC(N1C(=O)OCC(Cl)(Cl)Cl)C13CCCCC21O3. The zero-order chi connectivity index (χ0) is 21.2. The van der Waals surface area contributed by atoms with E-state index in [4.69, 9.17) is 83.8 Å². The van der Waals surface area contributed by atoms with E-state index in [-0.39, 0.29) is 0 Å². The highest BCUT2D eigenvalue weighted by molar-refractivity contribution is 6.68. The molecule has 29 heavy (non-hydrogen) atoms. The van der Waals surface area contributed by atoms with Crippen LogP contribution in [0.25, 0.3) is 0 Å². The molecule has 2 saturated heterocycles. The third-order valence-electron chi connectivity index (χ3n) is 5.67. The van der Waals surface area contributed by atoms with E-state index in [1.807, 2.05) is 12.2 Å². The molecule has 13 heteroatoms. The maximum absolute atomic E-state index is 12.9. The van der Waals surface area contributed by atoms with Crippen molar-refractivity contribution >= 4 is 81.8 Å². The van der Waals surface area contributed by atoms with Gasteiger partial charge in [-0.1, -0.05) is 94.6 Å². The number of halogens is 6. The van der Waals surface area contributed by atoms with E-state index in [1.54, 1.807) is 0 Å². The minimum Gasteiger partial charge on any atom is -0.444 e. The Kier molecular flexibility index (Phi) is 5.55. The van der Waals surface area contributed by atoms with E-state index in [9.17, 15) is 9.59 Å². The Labute approximate surface area is 196 Å². The Morgan fingerprint density at radius 1 is 0.862 bits per heavy atom. The van der Waals surface area contributed by atoms with E-state index < -0.39 is 56.3 Å². The molecule has 2 amide bonds. The molecule has 3 fully saturated rings. The van der Waals surface area contributed by atoms with Gasteiger partial charge in [0.05, 0.1) is 0 Å². The van der Waals surface area contributed by atoms with Gasteiger partial charge in [0.2, 0.25) is 7.59 Å². The van der Waals surface area contributed by atoms with Crippen molar-refractivity contribution in [2.24, 2.45) is 0 Å². The molecular weight excluding hydrogens is 513 g/mol. The van der Waals surface area contributed by atoms with Crippen LogP contribution < -0.4 is 0 Å². The number of hydrazine groups is 1. The molecule has 0 aromatic heterocycles. The summed E-state index contributed by atoms with van der Waals surface area (Å²) in [4.78, 5) is 25.8. The average molecular weight is 529 g/mol. The number of amides is 2. The monoisotopic (exact) mass is 526 g/mol. The Bertz CT molecular complexity index is 695. The van der Waals surface area contributed by atoms with Crippen LogP contribution in [0.5, 0.6) is 0 Å². The van der Waals surface area contributed by atoms with Crippen molar-refractivity contribution in [1.29, 1.82) is 0 Å². The number of rotatable bonds is 2. The minimum absolute atomic E-state index is 0.496. The van der Waals surface area contributed by atoms with Gasteiger partial charge in [0.1, 0.15) is 36.5 Å². The molecule has 0 radical (unpaired) electrons. The topological polar surface area (TPSA) is 71.6 Å². The van der Waals surface area contributed by atoms with E-state index in [2.05, 4.69) is 0 Å². The fraction of sp³-hybridized carbons (Fsp3) is 0.750. The Morgan fingerprint density at radius 3 is 1.59 bits per heavy atom. The van der Waals surface area contributed by atoms with Gasteiger partial charge in [0.25, 0.3) is 0 Å². The first-order valence-corrected chi connectivity index (χ1v) is 11.1. The van der Waals surface area contributed by atoms with Crippen molar-refractivity contribution in [3.63, 3.8) is 0 Å². The number of hydrogen-bond acceptors (Lipinski definition) is 5. The number of alkyl halides is 6. The highest BCUT2D eigenvalue weighted by Gasteiger charge is 2.83. The number of ether oxygens (including phenoxy) is 3. The summed E-state index contributed by atoms with van der Waals surface area (Å²) < 4.78 is 12.9. The normalized spacial score (nSPS) is 35.1. The van der Waals surface area contributed by atoms with Crippen LogP contribution in [0.3, 0.4) is 0 Å². The van der Waals surface area contributed by atoms with Crippen LogP contribution in [0.15, 0.2) is 12.2 Å². The lowest BCUT2D eigenvalue weighted by molar-refractivity contribution is -0.0973. The zero-order valence-electron chi connectivity index (χ0n) is 14.8. The summed E-state index contributed by atoms with van der Waals surface area (Å²) in [6.45, 7) is -0.992. The van der Waals surface area contributed by atoms with Crippen molar-refractivity contribution in [3.8, 4) is 0 Å². The molecule has 1 saturated carbocycles. The van der Waals surface area contributed by atoms with Crippen LogP contribution in [0.2, 0.25) is 0 Å². The van der Waals surface area contributed by atoms with Crippen LogP contribution in [0, 0.1) is 0 Å². The van der Waals surface area contributed by atoms with Gasteiger partial charge in [0, 0.05) is 0 Å². The number of hydrogen-bond donors (Lipinski definition) is 0. The van der Waals surface area contributed by atoms with Crippen LogP contribution in [-0.4, -0.2) is 66.3 Å². The highest BCUT2D eigenvalue weighted by atomic mass is 35.6. The Morgan fingerprint density at radius 2 is 1.24 bits per heavy atom.